The molecule has 0 spiro atoms. The van der Waals surface area contributed by atoms with E-state index in [0.29, 0.717) is 0 Å². The fraction of sp³-hybridized carbons (Fsp3) is 0.875. The van der Waals surface area contributed by atoms with E-state index in [1.54, 1.807) is 4.90 Å². The molecular formula is C16H31N3O2. The molecule has 5 nitrogen and oxygen atoms in total. The van der Waals surface area contributed by atoms with Crippen molar-refractivity contribution in [1.29, 1.82) is 0 Å². The number of unbranched alkanes of at least 4 members (excludes halogenated alkanes) is 1. The predicted octanol–water partition coefficient (Wildman–Crippen LogP) is 2.97. The van der Waals surface area contributed by atoms with E-state index in [2.05, 4.69) is 12.1 Å². The molecule has 0 heterocycles. The van der Waals surface area contributed by atoms with Crippen LogP contribution in [0.25, 0.3) is 0 Å². The number of carbonyl (C=O) groups is 1. The zero-order valence-electron chi connectivity index (χ0n) is 13.7. The number of carbonyl (C=O) groups excluding carboxylic acids is 1. The molecule has 0 atom stereocenters. The molecule has 1 amide bonds. The first-order valence-electron chi connectivity index (χ1n) is 8.26. The Bertz CT molecular complexity index is 347. The maximum atomic E-state index is 12.6. The summed E-state index contributed by atoms with van der Waals surface area (Å²) in [7, 11) is 0. The third kappa shape index (κ3) is 5.56. The Hall–Kier alpha value is -1.26. The lowest BCUT2D eigenvalue weighted by molar-refractivity contribution is -0.137. The van der Waals surface area contributed by atoms with E-state index in [0.717, 1.165) is 31.6 Å². The molecule has 122 valence electrons. The Balaban J connectivity index is 2.53. The number of amides is 1. The molecule has 0 aromatic rings. The van der Waals surface area contributed by atoms with Crippen molar-refractivity contribution in [2.75, 3.05) is 6.54 Å². The minimum atomic E-state index is 0.0654. The van der Waals surface area contributed by atoms with Crippen LogP contribution in [0.4, 0.5) is 0 Å². The van der Waals surface area contributed by atoms with E-state index in [1.165, 1.54) is 19.3 Å². The van der Waals surface area contributed by atoms with Crippen molar-refractivity contribution in [3.05, 3.63) is 0 Å². The van der Waals surface area contributed by atoms with Gasteiger partial charge in [0, 0.05) is 12.0 Å². The molecule has 0 saturated heterocycles. The maximum Gasteiger partial charge on any atom is 0.226 e. The second-order valence-electron chi connectivity index (χ2n) is 6.51. The second-order valence-corrected chi connectivity index (χ2v) is 6.51. The minimum absolute atomic E-state index is 0.0654. The van der Waals surface area contributed by atoms with Crippen LogP contribution in [-0.4, -0.2) is 34.4 Å². The number of nitrogens with two attached hydrogens (primary N) is 1. The monoisotopic (exact) mass is 297 g/mol. The summed E-state index contributed by atoms with van der Waals surface area (Å²) >= 11 is 0. The third-order valence-corrected chi connectivity index (χ3v) is 4.53. The maximum absolute atomic E-state index is 12.6. The Morgan fingerprint density at radius 2 is 1.95 bits per heavy atom. The molecule has 5 heteroatoms. The lowest BCUT2D eigenvalue weighted by Gasteiger charge is -2.34. The smallest absolute Gasteiger partial charge is 0.226 e. The summed E-state index contributed by atoms with van der Waals surface area (Å²) < 4.78 is 0. The van der Waals surface area contributed by atoms with Gasteiger partial charge in [-0.3, -0.25) is 4.79 Å². The van der Waals surface area contributed by atoms with E-state index in [1.807, 2.05) is 13.8 Å². The molecule has 3 N–H and O–H groups in total. The number of nitrogens with zero attached hydrogens (tertiary/aromatic N) is 2. The first-order chi connectivity index (χ1) is 9.99. The molecular weight excluding hydrogens is 266 g/mol. The molecule has 1 aliphatic carbocycles. The van der Waals surface area contributed by atoms with Crippen molar-refractivity contribution in [1.82, 2.24) is 4.90 Å². The fourth-order valence-corrected chi connectivity index (χ4v) is 3.15. The van der Waals surface area contributed by atoms with Gasteiger partial charge in [-0.15, -0.1) is 0 Å². The topological polar surface area (TPSA) is 78.9 Å². The Morgan fingerprint density at radius 3 is 2.43 bits per heavy atom. The van der Waals surface area contributed by atoms with Crippen LogP contribution in [0.2, 0.25) is 0 Å². The van der Waals surface area contributed by atoms with Gasteiger partial charge in [-0.25, -0.2) is 0 Å². The van der Waals surface area contributed by atoms with E-state index in [-0.39, 0.29) is 30.2 Å². The summed E-state index contributed by atoms with van der Waals surface area (Å²) in [5.41, 5.74) is 5.56. The van der Waals surface area contributed by atoms with E-state index in [4.69, 9.17) is 10.9 Å². The van der Waals surface area contributed by atoms with Crippen LogP contribution in [0.5, 0.6) is 0 Å². The van der Waals surface area contributed by atoms with Crippen molar-refractivity contribution in [3.8, 4) is 0 Å². The van der Waals surface area contributed by atoms with Gasteiger partial charge in [0.05, 0.1) is 6.54 Å². The zero-order chi connectivity index (χ0) is 15.8. The Kier molecular flexibility index (Phi) is 7.54. The number of hydrogen-bond acceptors (Lipinski definition) is 3. The lowest BCUT2D eigenvalue weighted by atomic mass is 9.79. The van der Waals surface area contributed by atoms with E-state index < -0.39 is 0 Å². The third-order valence-electron chi connectivity index (χ3n) is 4.53. The van der Waals surface area contributed by atoms with Gasteiger partial charge in [-0.2, -0.15) is 0 Å². The van der Waals surface area contributed by atoms with Crippen LogP contribution >= 0.6 is 0 Å². The molecule has 0 unspecified atom stereocenters. The minimum Gasteiger partial charge on any atom is -0.409 e. The van der Waals surface area contributed by atoms with Gasteiger partial charge < -0.3 is 15.8 Å². The number of rotatable bonds is 7. The van der Waals surface area contributed by atoms with Crippen LogP contribution in [0.15, 0.2) is 5.16 Å². The molecule has 1 saturated carbocycles. The van der Waals surface area contributed by atoms with Crippen molar-refractivity contribution in [2.24, 2.45) is 22.7 Å². The SMILES string of the molecule is CCCCC1CCC(C(=O)N(CC(N)=NO)C(C)C)CC1. The average Bonchev–Trinajstić information content (AvgIpc) is 2.49. The first-order valence-corrected chi connectivity index (χ1v) is 8.26. The highest BCUT2D eigenvalue weighted by molar-refractivity contribution is 5.88. The van der Waals surface area contributed by atoms with E-state index >= 15 is 0 Å². The van der Waals surface area contributed by atoms with Gasteiger partial charge in [0.25, 0.3) is 0 Å². The highest BCUT2D eigenvalue weighted by atomic mass is 16.4. The number of amidine groups is 1. The van der Waals surface area contributed by atoms with Crippen LogP contribution in [0, 0.1) is 11.8 Å². The summed E-state index contributed by atoms with van der Waals surface area (Å²) in [4.78, 5) is 14.4. The summed E-state index contributed by atoms with van der Waals surface area (Å²) in [6.07, 6.45) is 8.12. The van der Waals surface area contributed by atoms with Crippen molar-refractivity contribution < 1.29 is 10.0 Å². The average molecular weight is 297 g/mol. The van der Waals surface area contributed by atoms with Crippen molar-refractivity contribution in [3.63, 3.8) is 0 Å². The molecule has 1 aliphatic rings. The van der Waals surface area contributed by atoms with Crippen LogP contribution in [-0.2, 0) is 4.79 Å². The summed E-state index contributed by atoms with van der Waals surface area (Å²) in [6.45, 7) is 6.37. The quantitative estimate of drug-likeness (QED) is 0.328. The largest absolute Gasteiger partial charge is 0.409 e. The predicted molar refractivity (Wildman–Crippen MR) is 85.2 cm³/mol. The summed E-state index contributed by atoms with van der Waals surface area (Å²) in [5, 5.41) is 11.7. The van der Waals surface area contributed by atoms with Crippen LogP contribution < -0.4 is 5.73 Å². The number of oxime groups is 1. The Labute approximate surface area is 128 Å². The Morgan fingerprint density at radius 1 is 1.33 bits per heavy atom. The highest BCUT2D eigenvalue weighted by Gasteiger charge is 2.30. The molecule has 0 aromatic carbocycles. The normalized spacial score (nSPS) is 23.3. The lowest BCUT2D eigenvalue weighted by Crippen LogP contribution is -2.46. The van der Waals surface area contributed by atoms with Gasteiger partial charge >= 0.3 is 0 Å². The van der Waals surface area contributed by atoms with Gasteiger partial charge in [-0.1, -0.05) is 31.3 Å². The molecule has 1 rings (SSSR count). The first kappa shape index (κ1) is 17.8. The summed E-state index contributed by atoms with van der Waals surface area (Å²) in [5.74, 6) is 1.15. The van der Waals surface area contributed by atoms with Gasteiger partial charge in [-0.05, 0) is 45.4 Å². The molecule has 0 radical (unpaired) electrons. The standard InChI is InChI=1S/C16H31N3O2/c1-4-5-6-13-7-9-14(10-8-13)16(20)19(12(2)3)11-15(17)18-21/h12-14,21H,4-11H2,1-3H3,(H2,17,18). The zero-order valence-corrected chi connectivity index (χ0v) is 13.7. The van der Waals surface area contributed by atoms with Crippen LogP contribution in [0.3, 0.4) is 0 Å². The number of hydrogen-bond donors (Lipinski definition) is 2. The molecule has 0 aromatic heterocycles. The second kappa shape index (κ2) is 8.90. The van der Waals surface area contributed by atoms with Gasteiger partial charge in [0.2, 0.25) is 5.91 Å². The van der Waals surface area contributed by atoms with Crippen molar-refractivity contribution >= 4 is 11.7 Å². The fourth-order valence-electron chi connectivity index (χ4n) is 3.15. The molecule has 0 bridgehead atoms. The van der Waals surface area contributed by atoms with Crippen LogP contribution in [0.1, 0.15) is 65.7 Å². The van der Waals surface area contributed by atoms with E-state index in [9.17, 15) is 4.79 Å². The molecule has 21 heavy (non-hydrogen) atoms. The molecule has 1 fully saturated rings. The van der Waals surface area contributed by atoms with Gasteiger partial charge in [0.1, 0.15) is 0 Å². The summed E-state index contributed by atoms with van der Waals surface area (Å²) in [6, 6.07) is 0.0654. The highest BCUT2D eigenvalue weighted by Crippen LogP contribution is 2.33. The van der Waals surface area contributed by atoms with Gasteiger partial charge in [0.15, 0.2) is 5.84 Å². The molecule has 0 aliphatic heterocycles. The van der Waals surface area contributed by atoms with Crippen molar-refractivity contribution in [2.45, 2.75) is 71.8 Å².